The second-order valence-corrected chi connectivity index (χ2v) is 9.88. The van der Waals surface area contributed by atoms with E-state index in [0.717, 1.165) is 6.42 Å². The lowest BCUT2D eigenvalue weighted by atomic mass is 9.87. The molecule has 0 saturated heterocycles. The van der Waals surface area contributed by atoms with Crippen molar-refractivity contribution < 1.29 is 14.3 Å². The molecule has 180 valence electrons. The van der Waals surface area contributed by atoms with Crippen LogP contribution in [-0.4, -0.2) is 35.9 Å². The second kappa shape index (κ2) is 12.3. The molecule has 0 unspecified atom stereocenters. The number of benzene rings is 2. The van der Waals surface area contributed by atoms with Gasteiger partial charge in [-0.3, -0.25) is 9.59 Å². The highest BCUT2D eigenvalue weighted by Gasteiger charge is 2.29. The van der Waals surface area contributed by atoms with Crippen LogP contribution in [-0.2, 0) is 21.5 Å². The summed E-state index contributed by atoms with van der Waals surface area (Å²) in [7, 11) is 0. The van der Waals surface area contributed by atoms with Crippen molar-refractivity contribution in [1.29, 1.82) is 0 Å². The smallest absolute Gasteiger partial charge is 0.261 e. The van der Waals surface area contributed by atoms with Crippen LogP contribution >= 0.6 is 23.2 Å². The SMILES string of the molecule is CCCNC(=O)[C@@H](CC)N(Cc1ccc(Cl)cc1Cl)C(=O)COc1ccc(C(C)(C)C)cc1. The van der Waals surface area contributed by atoms with Gasteiger partial charge in [-0.15, -0.1) is 0 Å². The molecule has 0 spiro atoms. The first-order chi connectivity index (χ1) is 15.6. The Labute approximate surface area is 207 Å². The van der Waals surface area contributed by atoms with Crippen LogP contribution in [0.3, 0.4) is 0 Å². The highest BCUT2D eigenvalue weighted by molar-refractivity contribution is 6.35. The van der Waals surface area contributed by atoms with Gasteiger partial charge in [0.1, 0.15) is 11.8 Å². The summed E-state index contributed by atoms with van der Waals surface area (Å²) in [4.78, 5) is 27.6. The first-order valence-electron chi connectivity index (χ1n) is 11.3. The molecule has 0 heterocycles. The number of nitrogens with one attached hydrogen (secondary N) is 1. The molecule has 0 bridgehead atoms. The molecule has 0 saturated carbocycles. The minimum Gasteiger partial charge on any atom is -0.484 e. The average Bonchev–Trinajstić information content (AvgIpc) is 2.77. The lowest BCUT2D eigenvalue weighted by Crippen LogP contribution is -2.50. The molecule has 2 aromatic carbocycles. The molecule has 7 heteroatoms. The van der Waals surface area contributed by atoms with E-state index < -0.39 is 6.04 Å². The van der Waals surface area contributed by atoms with E-state index in [9.17, 15) is 9.59 Å². The number of ether oxygens (including phenoxy) is 1. The number of carbonyl (C=O) groups excluding carboxylic acids is 2. The third-order valence-corrected chi connectivity index (χ3v) is 5.96. The fourth-order valence-corrected chi connectivity index (χ4v) is 3.87. The van der Waals surface area contributed by atoms with Gasteiger partial charge in [0.25, 0.3) is 5.91 Å². The van der Waals surface area contributed by atoms with Gasteiger partial charge < -0.3 is 15.0 Å². The number of carbonyl (C=O) groups is 2. The van der Waals surface area contributed by atoms with E-state index in [1.165, 1.54) is 10.5 Å². The van der Waals surface area contributed by atoms with E-state index in [-0.39, 0.29) is 30.4 Å². The molecular weight excluding hydrogens is 459 g/mol. The normalized spacial score (nSPS) is 12.2. The zero-order valence-electron chi connectivity index (χ0n) is 20.1. The van der Waals surface area contributed by atoms with Gasteiger partial charge in [0.2, 0.25) is 5.91 Å². The Balaban J connectivity index is 2.21. The van der Waals surface area contributed by atoms with E-state index in [0.29, 0.717) is 34.3 Å². The Bertz CT molecular complexity index is 940. The first-order valence-corrected chi connectivity index (χ1v) is 12.1. The predicted octanol–water partition coefficient (Wildman–Crippen LogP) is 6.00. The van der Waals surface area contributed by atoms with Gasteiger partial charge in [0.15, 0.2) is 6.61 Å². The minimum atomic E-state index is -0.636. The van der Waals surface area contributed by atoms with Crippen LogP contribution in [0, 0.1) is 0 Å². The molecule has 2 aromatic rings. The van der Waals surface area contributed by atoms with Crippen molar-refractivity contribution in [3.63, 3.8) is 0 Å². The maximum absolute atomic E-state index is 13.3. The first kappa shape index (κ1) is 27.0. The fraction of sp³-hybridized carbons (Fsp3) is 0.462. The molecule has 0 aromatic heterocycles. The Morgan fingerprint density at radius 1 is 1.06 bits per heavy atom. The zero-order valence-corrected chi connectivity index (χ0v) is 21.6. The van der Waals surface area contributed by atoms with E-state index in [4.69, 9.17) is 27.9 Å². The number of amides is 2. The standard InChI is InChI=1S/C26H34Cl2N2O3/c1-6-14-29-25(32)23(7-2)30(16-18-8-11-20(27)15-22(18)28)24(31)17-33-21-12-9-19(10-13-21)26(3,4)5/h8-13,15,23H,6-7,14,16-17H2,1-5H3,(H,29,32)/t23-/m1/s1. The molecule has 33 heavy (non-hydrogen) atoms. The molecule has 0 aliphatic heterocycles. The third kappa shape index (κ3) is 7.94. The molecular formula is C26H34Cl2N2O3. The van der Waals surface area contributed by atoms with E-state index >= 15 is 0 Å². The van der Waals surface area contributed by atoms with Crippen molar-refractivity contribution in [1.82, 2.24) is 10.2 Å². The summed E-state index contributed by atoms with van der Waals surface area (Å²) in [6.45, 7) is 10.8. The van der Waals surface area contributed by atoms with Gasteiger partial charge in [-0.05, 0) is 53.6 Å². The zero-order chi connectivity index (χ0) is 24.6. The molecule has 1 N–H and O–H groups in total. The Hall–Kier alpha value is -2.24. The number of rotatable bonds is 10. The van der Waals surface area contributed by atoms with E-state index in [1.54, 1.807) is 18.2 Å². The summed E-state index contributed by atoms with van der Waals surface area (Å²) >= 11 is 12.4. The van der Waals surface area contributed by atoms with E-state index in [2.05, 4.69) is 26.1 Å². The second-order valence-electron chi connectivity index (χ2n) is 9.04. The fourth-order valence-electron chi connectivity index (χ4n) is 3.40. The average molecular weight is 493 g/mol. The van der Waals surface area contributed by atoms with Crippen molar-refractivity contribution in [2.45, 2.75) is 65.5 Å². The van der Waals surface area contributed by atoms with Crippen LogP contribution in [0.5, 0.6) is 5.75 Å². The number of halogens is 2. The monoisotopic (exact) mass is 492 g/mol. The Kier molecular flexibility index (Phi) is 10.1. The molecule has 0 fully saturated rings. The summed E-state index contributed by atoms with van der Waals surface area (Å²) in [5, 5.41) is 3.85. The molecule has 5 nitrogen and oxygen atoms in total. The quantitative estimate of drug-likeness (QED) is 0.442. The van der Waals surface area contributed by atoms with Gasteiger partial charge in [-0.2, -0.15) is 0 Å². The maximum Gasteiger partial charge on any atom is 0.261 e. The molecule has 0 aliphatic rings. The van der Waals surface area contributed by atoms with Crippen molar-refractivity contribution in [2.75, 3.05) is 13.2 Å². The lowest BCUT2D eigenvalue weighted by Gasteiger charge is -2.31. The van der Waals surface area contributed by atoms with Crippen molar-refractivity contribution in [3.05, 3.63) is 63.6 Å². The summed E-state index contributed by atoms with van der Waals surface area (Å²) in [5.41, 5.74) is 1.92. The van der Waals surface area contributed by atoms with Crippen LogP contribution in [0.15, 0.2) is 42.5 Å². The molecule has 0 radical (unpaired) electrons. The van der Waals surface area contributed by atoms with Crippen LogP contribution < -0.4 is 10.1 Å². The Morgan fingerprint density at radius 3 is 2.27 bits per heavy atom. The van der Waals surface area contributed by atoms with Crippen LogP contribution in [0.2, 0.25) is 10.0 Å². The number of nitrogens with zero attached hydrogens (tertiary/aromatic N) is 1. The molecule has 2 rings (SSSR count). The summed E-state index contributed by atoms with van der Waals surface area (Å²) in [5.74, 6) is 0.121. The molecule has 0 aliphatic carbocycles. The topological polar surface area (TPSA) is 58.6 Å². The summed E-state index contributed by atoms with van der Waals surface area (Å²) < 4.78 is 5.78. The highest BCUT2D eigenvalue weighted by Crippen LogP contribution is 2.25. The highest BCUT2D eigenvalue weighted by atomic mass is 35.5. The van der Waals surface area contributed by atoms with Gasteiger partial charge in [-0.25, -0.2) is 0 Å². The number of hydrogen-bond acceptors (Lipinski definition) is 3. The van der Waals surface area contributed by atoms with Crippen molar-refractivity contribution in [3.8, 4) is 5.75 Å². The third-order valence-electron chi connectivity index (χ3n) is 5.37. The van der Waals surface area contributed by atoms with Crippen molar-refractivity contribution in [2.24, 2.45) is 0 Å². The van der Waals surface area contributed by atoms with Gasteiger partial charge in [0, 0.05) is 23.1 Å². The van der Waals surface area contributed by atoms with Crippen molar-refractivity contribution >= 4 is 35.0 Å². The van der Waals surface area contributed by atoms with Gasteiger partial charge >= 0.3 is 0 Å². The molecule has 1 atom stereocenters. The van der Waals surface area contributed by atoms with Crippen LogP contribution in [0.1, 0.15) is 58.6 Å². The minimum absolute atomic E-state index is 0.0309. The molecule has 2 amide bonds. The van der Waals surface area contributed by atoms with Crippen LogP contribution in [0.25, 0.3) is 0 Å². The summed E-state index contributed by atoms with van der Waals surface area (Å²) in [6, 6.07) is 12.2. The van der Waals surface area contributed by atoms with Gasteiger partial charge in [-0.1, -0.05) is 76.0 Å². The lowest BCUT2D eigenvalue weighted by molar-refractivity contribution is -0.143. The van der Waals surface area contributed by atoms with Gasteiger partial charge in [0.05, 0.1) is 0 Å². The maximum atomic E-state index is 13.3. The van der Waals surface area contributed by atoms with E-state index in [1.807, 2.05) is 38.1 Å². The summed E-state index contributed by atoms with van der Waals surface area (Å²) in [6.07, 6.45) is 1.28. The predicted molar refractivity (Wildman–Crippen MR) is 135 cm³/mol. The largest absolute Gasteiger partial charge is 0.484 e. The Morgan fingerprint density at radius 2 is 1.73 bits per heavy atom. The number of hydrogen-bond donors (Lipinski definition) is 1. The van der Waals surface area contributed by atoms with Crippen LogP contribution in [0.4, 0.5) is 0 Å².